The average Bonchev–Trinajstić information content (AvgIpc) is 3.15. The van der Waals surface area contributed by atoms with E-state index in [1.54, 1.807) is 17.1 Å². The average molecular weight is 437 g/mol. The third-order valence-electron chi connectivity index (χ3n) is 4.11. The molecule has 0 unspecified atom stereocenters. The molecule has 0 radical (unpaired) electrons. The van der Waals surface area contributed by atoms with Gasteiger partial charge in [-0.2, -0.15) is 5.10 Å². The van der Waals surface area contributed by atoms with Gasteiger partial charge in [0.25, 0.3) is 0 Å². The monoisotopic (exact) mass is 436 g/mol. The molecule has 140 valence electrons. The summed E-state index contributed by atoms with van der Waals surface area (Å²) in [6.45, 7) is 0.244. The van der Waals surface area contributed by atoms with Gasteiger partial charge in [0.05, 0.1) is 23.8 Å². The van der Waals surface area contributed by atoms with Crippen molar-refractivity contribution < 1.29 is 9.53 Å². The molecule has 28 heavy (non-hydrogen) atoms. The van der Waals surface area contributed by atoms with Gasteiger partial charge in [0.15, 0.2) is 6.73 Å². The highest BCUT2D eigenvalue weighted by atomic mass is 79.9. The molecule has 0 atom stereocenters. The fourth-order valence-electron chi connectivity index (χ4n) is 2.79. The van der Waals surface area contributed by atoms with Gasteiger partial charge < -0.3 is 15.4 Å². The number of hydrogen-bond donors (Lipinski definition) is 2. The zero-order valence-corrected chi connectivity index (χ0v) is 16.4. The Morgan fingerprint density at radius 2 is 1.79 bits per heavy atom. The van der Waals surface area contributed by atoms with Crippen LogP contribution >= 0.6 is 15.9 Å². The zero-order chi connectivity index (χ0) is 19.3. The fourth-order valence-corrected chi connectivity index (χ4v) is 3.05. The van der Waals surface area contributed by atoms with Gasteiger partial charge in [-0.15, -0.1) is 0 Å². The fraction of sp³-hybridized carbons (Fsp3) is 0.0476. The number of halogens is 1. The summed E-state index contributed by atoms with van der Waals surface area (Å²) in [7, 11) is 0. The summed E-state index contributed by atoms with van der Waals surface area (Å²) in [5.41, 5.74) is 1.33. The van der Waals surface area contributed by atoms with E-state index in [1.807, 2.05) is 66.7 Å². The highest BCUT2D eigenvalue weighted by Crippen LogP contribution is 2.23. The Labute approximate surface area is 170 Å². The molecular formula is C21H17BrN4O2. The van der Waals surface area contributed by atoms with Gasteiger partial charge in [-0.05, 0) is 35.7 Å². The van der Waals surface area contributed by atoms with Crippen LogP contribution in [-0.2, 0) is 6.73 Å². The van der Waals surface area contributed by atoms with E-state index in [0.717, 1.165) is 26.7 Å². The van der Waals surface area contributed by atoms with Crippen molar-refractivity contribution in [3.8, 4) is 5.75 Å². The Balaban J connectivity index is 1.36. The Morgan fingerprint density at radius 1 is 1.00 bits per heavy atom. The first-order chi connectivity index (χ1) is 13.7. The van der Waals surface area contributed by atoms with Crippen LogP contribution in [0.2, 0.25) is 0 Å². The van der Waals surface area contributed by atoms with Crippen molar-refractivity contribution in [2.75, 3.05) is 10.6 Å². The summed E-state index contributed by atoms with van der Waals surface area (Å²) in [6.07, 6.45) is 3.29. The standard InChI is InChI=1S/C21H17BrN4O2/c22-16-8-10-18(11-9-16)28-14-26-13-17(12-23-26)24-21(27)25-20-7-3-5-15-4-1-2-6-19(15)20/h1-13H,14H2,(H2,24,25,27). The third-order valence-corrected chi connectivity index (χ3v) is 4.63. The number of anilines is 2. The molecule has 2 N–H and O–H groups in total. The third kappa shape index (κ3) is 4.32. The summed E-state index contributed by atoms with van der Waals surface area (Å²) in [6, 6.07) is 20.9. The SMILES string of the molecule is O=C(Nc1cnn(COc2ccc(Br)cc2)c1)Nc1cccc2ccccc12. The summed E-state index contributed by atoms with van der Waals surface area (Å²) in [4.78, 5) is 12.4. The molecule has 0 fully saturated rings. The first-order valence-corrected chi connectivity index (χ1v) is 9.43. The number of amides is 2. The lowest BCUT2D eigenvalue weighted by Crippen LogP contribution is -2.19. The quantitative estimate of drug-likeness (QED) is 0.435. The molecule has 3 aromatic carbocycles. The van der Waals surface area contributed by atoms with Gasteiger partial charge in [-0.25, -0.2) is 9.48 Å². The molecule has 0 aliphatic carbocycles. The van der Waals surface area contributed by atoms with Gasteiger partial charge >= 0.3 is 6.03 Å². The number of carbonyl (C=O) groups is 1. The lowest BCUT2D eigenvalue weighted by molar-refractivity contribution is 0.221. The number of ether oxygens (including phenoxy) is 1. The molecule has 0 bridgehead atoms. The molecule has 1 heterocycles. The maximum atomic E-state index is 12.4. The van der Waals surface area contributed by atoms with E-state index < -0.39 is 0 Å². The number of aromatic nitrogens is 2. The molecule has 0 aliphatic rings. The lowest BCUT2D eigenvalue weighted by atomic mass is 10.1. The molecular weight excluding hydrogens is 420 g/mol. The molecule has 0 saturated heterocycles. The van der Waals surface area contributed by atoms with Crippen LogP contribution in [0, 0.1) is 0 Å². The van der Waals surface area contributed by atoms with Crippen LogP contribution in [0.3, 0.4) is 0 Å². The largest absolute Gasteiger partial charge is 0.471 e. The van der Waals surface area contributed by atoms with Crippen LogP contribution in [0.1, 0.15) is 0 Å². The highest BCUT2D eigenvalue weighted by Gasteiger charge is 2.07. The van der Waals surface area contributed by atoms with Crippen LogP contribution < -0.4 is 15.4 Å². The first kappa shape index (κ1) is 18.1. The van der Waals surface area contributed by atoms with Crippen LogP contribution in [0.5, 0.6) is 5.75 Å². The van der Waals surface area contributed by atoms with E-state index >= 15 is 0 Å². The van der Waals surface area contributed by atoms with Crippen LogP contribution in [0.4, 0.5) is 16.2 Å². The number of urea groups is 1. The van der Waals surface area contributed by atoms with E-state index in [4.69, 9.17) is 4.74 Å². The Morgan fingerprint density at radius 3 is 2.64 bits per heavy atom. The minimum Gasteiger partial charge on any atom is -0.471 e. The highest BCUT2D eigenvalue weighted by molar-refractivity contribution is 9.10. The van der Waals surface area contributed by atoms with Crippen molar-refractivity contribution in [1.82, 2.24) is 9.78 Å². The summed E-state index contributed by atoms with van der Waals surface area (Å²) in [5, 5.41) is 11.9. The molecule has 7 heteroatoms. The molecule has 2 amide bonds. The number of hydrogen-bond acceptors (Lipinski definition) is 3. The van der Waals surface area contributed by atoms with Gasteiger partial charge in [0, 0.05) is 9.86 Å². The molecule has 0 spiro atoms. The van der Waals surface area contributed by atoms with E-state index in [2.05, 4.69) is 31.7 Å². The Kier molecular flexibility index (Phi) is 5.25. The Bertz CT molecular complexity index is 1100. The Hall–Kier alpha value is -3.32. The van der Waals surface area contributed by atoms with Crippen molar-refractivity contribution in [3.05, 3.63) is 83.6 Å². The van der Waals surface area contributed by atoms with Crippen molar-refractivity contribution in [2.24, 2.45) is 0 Å². The molecule has 0 aliphatic heterocycles. The van der Waals surface area contributed by atoms with Crippen LogP contribution in [-0.4, -0.2) is 15.8 Å². The smallest absolute Gasteiger partial charge is 0.323 e. The normalized spacial score (nSPS) is 10.6. The zero-order valence-electron chi connectivity index (χ0n) is 14.8. The summed E-state index contributed by atoms with van der Waals surface area (Å²) in [5.74, 6) is 0.738. The van der Waals surface area contributed by atoms with Gasteiger partial charge in [0.2, 0.25) is 0 Å². The minimum atomic E-state index is -0.329. The summed E-state index contributed by atoms with van der Waals surface area (Å²) >= 11 is 3.39. The number of nitrogens with one attached hydrogen (secondary N) is 2. The van der Waals surface area contributed by atoms with Crippen molar-refractivity contribution in [2.45, 2.75) is 6.73 Å². The van der Waals surface area contributed by atoms with E-state index in [9.17, 15) is 4.79 Å². The van der Waals surface area contributed by atoms with Crippen LogP contribution in [0.25, 0.3) is 10.8 Å². The molecule has 0 saturated carbocycles. The first-order valence-electron chi connectivity index (χ1n) is 8.64. The van der Waals surface area contributed by atoms with Crippen LogP contribution in [0.15, 0.2) is 83.6 Å². The summed E-state index contributed by atoms with van der Waals surface area (Å²) < 4.78 is 8.26. The van der Waals surface area contributed by atoms with Gasteiger partial charge in [0.1, 0.15) is 5.75 Å². The lowest BCUT2D eigenvalue weighted by Gasteiger charge is -2.09. The predicted molar refractivity (Wildman–Crippen MR) is 114 cm³/mol. The number of benzene rings is 3. The van der Waals surface area contributed by atoms with Gasteiger partial charge in [-0.3, -0.25) is 0 Å². The minimum absolute atomic E-state index is 0.244. The van der Waals surface area contributed by atoms with Crippen molar-refractivity contribution in [3.63, 3.8) is 0 Å². The van der Waals surface area contributed by atoms with Gasteiger partial charge in [-0.1, -0.05) is 52.3 Å². The molecule has 4 aromatic rings. The van der Waals surface area contributed by atoms with Crippen molar-refractivity contribution >= 4 is 44.1 Å². The van der Waals surface area contributed by atoms with E-state index in [-0.39, 0.29) is 12.8 Å². The second-order valence-electron chi connectivity index (χ2n) is 6.10. The number of carbonyl (C=O) groups excluding carboxylic acids is 1. The molecule has 1 aromatic heterocycles. The number of nitrogens with zero attached hydrogens (tertiary/aromatic N) is 2. The topological polar surface area (TPSA) is 68.2 Å². The number of fused-ring (bicyclic) bond motifs is 1. The maximum absolute atomic E-state index is 12.4. The molecule has 6 nitrogen and oxygen atoms in total. The van der Waals surface area contributed by atoms with Crippen molar-refractivity contribution in [1.29, 1.82) is 0 Å². The van der Waals surface area contributed by atoms with E-state index in [1.165, 1.54) is 0 Å². The van der Waals surface area contributed by atoms with E-state index in [0.29, 0.717) is 5.69 Å². The number of rotatable bonds is 5. The predicted octanol–water partition coefficient (Wildman–Crippen LogP) is 5.48. The molecule has 4 rings (SSSR count). The second-order valence-corrected chi connectivity index (χ2v) is 7.02. The second kappa shape index (κ2) is 8.14. The maximum Gasteiger partial charge on any atom is 0.323 e.